The molecule has 0 radical (unpaired) electrons. The summed E-state index contributed by atoms with van der Waals surface area (Å²) in [6.07, 6.45) is 0. The van der Waals surface area contributed by atoms with Crippen LogP contribution in [0, 0.1) is 13.8 Å². The number of Topliss-reactive ketones (excluding diaryl/α,β-unsaturated/α-hetero) is 2. The van der Waals surface area contributed by atoms with Crippen LogP contribution in [0.3, 0.4) is 0 Å². The number of carbonyl (C=O) groups is 2. The van der Waals surface area contributed by atoms with E-state index in [0.29, 0.717) is 11.1 Å². The van der Waals surface area contributed by atoms with E-state index in [1.165, 1.54) is 0 Å². The molecule has 2 heteroatoms. The Hall–Kier alpha value is -2.22. The Morgan fingerprint density at radius 1 is 0.750 bits per heavy atom. The second-order valence-corrected chi connectivity index (χ2v) is 4.70. The molecule has 0 saturated heterocycles. The maximum absolute atomic E-state index is 12.2. The third-order valence-electron chi connectivity index (χ3n) is 3.42. The van der Waals surface area contributed by atoms with E-state index in [9.17, 15) is 9.59 Å². The minimum atomic E-state index is -0.393. The Kier molecular flexibility index (Phi) is 3.84. The molecule has 0 amide bonds. The van der Waals surface area contributed by atoms with Crippen LogP contribution in [-0.4, -0.2) is 11.6 Å². The predicted octanol–water partition coefficient (Wildman–Crippen LogP) is 4.38. The van der Waals surface area contributed by atoms with Gasteiger partial charge in [-0.25, -0.2) is 0 Å². The Balaban J connectivity index is 0.000000704. The van der Waals surface area contributed by atoms with Gasteiger partial charge in [-0.2, -0.15) is 0 Å². The van der Waals surface area contributed by atoms with E-state index in [0.717, 1.165) is 22.3 Å². The molecule has 20 heavy (non-hydrogen) atoms. The van der Waals surface area contributed by atoms with Crippen molar-refractivity contribution < 1.29 is 9.59 Å². The van der Waals surface area contributed by atoms with E-state index in [2.05, 4.69) is 0 Å². The second kappa shape index (κ2) is 5.41. The fourth-order valence-electron chi connectivity index (χ4n) is 2.51. The first-order valence-electron chi connectivity index (χ1n) is 6.89. The summed E-state index contributed by atoms with van der Waals surface area (Å²) in [5.74, 6) is -0.781. The van der Waals surface area contributed by atoms with Crippen molar-refractivity contribution in [3.63, 3.8) is 0 Å². The number of rotatable bonds is 0. The highest BCUT2D eigenvalue weighted by Gasteiger charge is 2.31. The molecule has 0 fully saturated rings. The first-order valence-corrected chi connectivity index (χ1v) is 6.89. The van der Waals surface area contributed by atoms with Crippen molar-refractivity contribution in [2.24, 2.45) is 0 Å². The van der Waals surface area contributed by atoms with Crippen LogP contribution in [0.15, 0.2) is 36.4 Å². The van der Waals surface area contributed by atoms with E-state index in [1.807, 2.05) is 58.0 Å². The van der Waals surface area contributed by atoms with Gasteiger partial charge in [0, 0.05) is 11.1 Å². The summed E-state index contributed by atoms with van der Waals surface area (Å²) in [7, 11) is 0. The maximum atomic E-state index is 12.2. The molecule has 0 aliphatic heterocycles. The minimum absolute atomic E-state index is 0.388. The normalized spacial score (nSPS) is 12.2. The van der Waals surface area contributed by atoms with Gasteiger partial charge < -0.3 is 0 Å². The standard InChI is InChI=1S/C16H12O2.C2H6/c1-9-6-7-11-12-5-3-4-10(2)14(12)16(18)15(17)13(11)8-9;1-2/h3-8H,1-2H3;1-2H3. The van der Waals surface area contributed by atoms with Gasteiger partial charge in [0.15, 0.2) is 0 Å². The van der Waals surface area contributed by atoms with E-state index in [4.69, 9.17) is 0 Å². The fraction of sp³-hybridized carbons (Fsp3) is 0.222. The third-order valence-corrected chi connectivity index (χ3v) is 3.42. The molecular formula is C18H18O2. The van der Waals surface area contributed by atoms with Crippen molar-refractivity contribution in [2.75, 3.05) is 0 Å². The minimum Gasteiger partial charge on any atom is -0.285 e. The number of hydrogen-bond acceptors (Lipinski definition) is 2. The van der Waals surface area contributed by atoms with Gasteiger partial charge in [-0.3, -0.25) is 9.59 Å². The van der Waals surface area contributed by atoms with Gasteiger partial charge in [0.05, 0.1) is 0 Å². The molecule has 0 aromatic heterocycles. The van der Waals surface area contributed by atoms with E-state index in [1.54, 1.807) is 6.07 Å². The summed E-state index contributed by atoms with van der Waals surface area (Å²) in [5, 5.41) is 0. The summed E-state index contributed by atoms with van der Waals surface area (Å²) in [6.45, 7) is 7.78. The Morgan fingerprint density at radius 2 is 1.45 bits per heavy atom. The average Bonchev–Trinajstić information content (AvgIpc) is 2.46. The summed E-state index contributed by atoms with van der Waals surface area (Å²) < 4.78 is 0. The molecule has 0 unspecified atom stereocenters. The first kappa shape index (κ1) is 14.2. The van der Waals surface area contributed by atoms with Crippen LogP contribution in [0.25, 0.3) is 11.1 Å². The lowest BCUT2D eigenvalue weighted by Gasteiger charge is -2.19. The SMILES string of the molecule is CC.Cc1ccc2c(c1)C(=O)C(=O)c1c(C)cccc1-2. The lowest BCUT2D eigenvalue weighted by atomic mass is 9.81. The first-order chi connectivity index (χ1) is 9.59. The number of benzene rings is 2. The lowest BCUT2D eigenvalue weighted by Crippen LogP contribution is -2.22. The highest BCUT2D eigenvalue weighted by molar-refractivity contribution is 6.53. The van der Waals surface area contributed by atoms with Crippen LogP contribution in [0.5, 0.6) is 0 Å². The quantitative estimate of drug-likeness (QED) is 0.663. The van der Waals surface area contributed by atoms with E-state index < -0.39 is 5.78 Å². The van der Waals surface area contributed by atoms with Crippen molar-refractivity contribution in [2.45, 2.75) is 27.7 Å². The molecular weight excluding hydrogens is 248 g/mol. The van der Waals surface area contributed by atoms with Crippen molar-refractivity contribution in [1.29, 1.82) is 0 Å². The van der Waals surface area contributed by atoms with Gasteiger partial charge in [0.2, 0.25) is 11.6 Å². The number of ketones is 2. The van der Waals surface area contributed by atoms with Gasteiger partial charge in [-0.1, -0.05) is 49.7 Å². The van der Waals surface area contributed by atoms with Crippen molar-refractivity contribution in [3.8, 4) is 11.1 Å². The summed E-state index contributed by atoms with van der Waals surface area (Å²) in [4.78, 5) is 24.3. The monoisotopic (exact) mass is 266 g/mol. The maximum Gasteiger partial charge on any atom is 0.234 e. The van der Waals surface area contributed by atoms with E-state index in [-0.39, 0.29) is 5.78 Å². The van der Waals surface area contributed by atoms with Gasteiger partial charge >= 0.3 is 0 Å². The van der Waals surface area contributed by atoms with Gasteiger partial charge in [-0.15, -0.1) is 0 Å². The number of fused-ring (bicyclic) bond motifs is 3. The van der Waals surface area contributed by atoms with Crippen LogP contribution in [0.1, 0.15) is 45.7 Å². The van der Waals surface area contributed by atoms with Gasteiger partial charge in [0.25, 0.3) is 0 Å². The zero-order valence-electron chi connectivity index (χ0n) is 12.3. The van der Waals surface area contributed by atoms with Crippen LogP contribution >= 0.6 is 0 Å². The lowest BCUT2D eigenvalue weighted by molar-refractivity contribution is 0.0815. The molecule has 1 aliphatic rings. The summed E-state index contributed by atoms with van der Waals surface area (Å²) in [5.41, 5.74) is 4.67. The summed E-state index contributed by atoms with van der Waals surface area (Å²) in [6, 6.07) is 11.4. The van der Waals surface area contributed by atoms with Crippen LogP contribution in [0.2, 0.25) is 0 Å². The molecule has 3 rings (SSSR count). The van der Waals surface area contributed by atoms with Crippen LogP contribution < -0.4 is 0 Å². The molecule has 0 spiro atoms. The molecule has 102 valence electrons. The molecule has 0 bridgehead atoms. The highest BCUT2D eigenvalue weighted by Crippen LogP contribution is 2.35. The molecule has 0 heterocycles. The fourth-order valence-corrected chi connectivity index (χ4v) is 2.51. The Morgan fingerprint density at radius 3 is 2.15 bits per heavy atom. The molecule has 2 aromatic carbocycles. The Bertz CT molecular complexity index is 697. The third kappa shape index (κ3) is 2.07. The molecule has 1 aliphatic carbocycles. The molecule has 2 nitrogen and oxygen atoms in total. The number of carbonyl (C=O) groups excluding carboxylic acids is 2. The van der Waals surface area contributed by atoms with Crippen LogP contribution in [0.4, 0.5) is 0 Å². The largest absolute Gasteiger partial charge is 0.285 e. The molecule has 2 aromatic rings. The highest BCUT2D eigenvalue weighted by atomic mass is 16.2. The second-order valence-electron chi connectivity index (χ2n) is 4.70. The van der Waals surface area contributed by atoms with Crippen molar-refractivity contribution >= 4 is 11.6 Å². The van der Waals surface area contributed by atoms with Gasteiger partial charge in [0.1, 0.15) is 0 Å². The molecule has 0 N–H and O–H groups in total. The average molecular weight is 266 g/mol. The van der Waals surface area contributed by atoms with E-state index >= 15 is 0 Å². The van der Waals surface area contributed by atoms with Gasteiger partial charge in [-0.05, 0) is 36.6 Å². The number of hydrogen-bond donors (Lipinski definition) is 0. The predicted molar refractivity (Wildman–Crippen MR) is 81.4 cm³/mol. The zero-order valence-corrected chi connectivity index (χ0v) is 12.3. The van der Waals surface area contributed by atoms with Crippen molar-refractivity contribution in [1.82, 2.24) is 0 Å². The molecule has 0 atom stereocenters. The number of aryl methyl sites for hydroxylation is 2. The summed E-state index contributed by atoms with van der Waals surface area (Å²) >= 11 is 0. The Labute approximate surface area is 119 Å². The van der Waals surface area contributed by atoms with Crippen LogP contribution in [-0.2, 0) is 0 Å². The zero-order chi connectivity index (χ0) is 14.9. The molecule has 0 saturated carbocycles. The smallest absolute Gasteiger partial charge is 0.234 e. The van der Waals surface area contributed by atoms with Crippen molar-refractivity contribution in [3.05, 3.63) is 58.7 Å². The topological polar surface area (TPSA) is 34.1 Å².